The lowest BCUT2D eigenvalue weighted by molar-refractivity contribution is 0.0949. The van der Waals surface area contributed by atoms with Gasteiger partial charge in [0.1, 0.15) is 0 Å². The number of carbonyl (C=O) groups is 1. The van der Waals surface area contributed by atoms with Crippen molar-refractivity contribution in [2.24, 2.45) is 5.10 Å². The molecule has 0 spiro atoms. The normalized spacial score (nSPS) is 11.5. The van der Waals surface area contributed by atoms with Crippen LogP contribution in [0.1, 0.15) is 40.1 Å². The standard InChI is InChI=1S/C18H18N4O2S/c1-11(2)22-18(24)15-7-5-4-6-14(15)16(21-22)17(23)20-19-10-13-9-8-12(3)25-13/h4-11H,1-3H3,(H,20,23)/b19-10+. The molecule has 0 radical (unpaired) electrons. The van der Waals surface area contributed by atoms with Crippen molar-refractivity contribution in [3.05, 3.63) is 62.2 Å². The maximum Gasteiger partial charge on any atom is 0.292 e. The van der Waals surface area contributed by atoms with E-state index in [1.54, 1.807) is 41.8 Å². The van der Waals surface area contributed by atoms with Gasteiger partial charge in [0.25, 0.3) is 11.5 Å². The zero-order valence-electron chi connectivity index (χ0n) is 14.2. The van der Waals surface area contributed by atoms with Crippen molar-refractivity contribution in [2.45, 2.75) is 26.8 Å². The minimum Gasteiger partial charge on any atom is -0.267 e. The van der Waals surface area contributed by atoms with Crippen molar-refractivity contribution >= 4 is 34.2 Å². The highest BCUT2D eigenvalue weighted by atomic mass is 32.1. The second-order valence-corrected chi connectivity index (χ2v) is 7.20. The highest BCUT2D eigenvalue weighted by Crippen LogP contribution is 2.15. The van der Waals surface area contributed by atoms with Crippen LogP contribution in [0.4, 0.5) is 0 Å². The Balaban J connectivity index is 1.96. The molecule has 2 heterocycles. The van der Waals surface area contributed by atoms with E-state index >= 15 is 0 Å². The molecule has 25 heavy (non-hydrogen) atoms. The van der Waals surface area contributed by atoms with E-state index < -0.39 is 5.91 Å². The first kappa shape index (κ1) is 17.0. The predicted molar refractivity (Wildman–Crippen MR) is 101 cm³/mol. The molecule has 2 aromatic heterocycles. The first-order chi connectivity index (χ1) is 12.0. The van der Waals surface area contributed by atoms with Crippen molar-refractivity contribution in [1.29, 1.82) is 0 Å². The van der Waals surface area contributed by atoms with Gasteiger partial charge in [-0.15, -0.1) is 11.3 Å². The molecule has 3 aromatic rings. The third-order valence-electron chi connectivity index (χ3n) is 3.65. The lowest BCUT2D eigenvalue weighted by Crippen LogP contribution is -2.30. The molecule has 7 heteroatoms. The molecule has 0 unspecified atom stereocenters. The van der Waals surface area contributed by atoms with Gasteiger partial charge in [-0.25, -0.2) is 10.1 Å². The number of thiophene rings is 1. The van der Waals surface area contributed by atoms with Crippen molar-refractivity contribution in [1.82, 2.24) is 15.2 Å². The molecule has 6 nitrogen and oxygen atoms in total. The van der Waals surface area contributed by atoms with E-state index in [1.807, 2.05) is 32.9 Å². The Hall–Kier alpha value is -2.80. The maximum absolute atomic E-state index is 12.5. The predicted octanol–water partition coefficient (Wildman–Crippen LogP) is 3.11. The summed E-state index contributed by atoms with van der Waals surface area (Å²) in [5, 5.41) is 9.23. The van der Waals surface area contributed by atoms with Crippen LogP contribution < -0.4 is 11.0 Å². The lowest BCUT2D eigenvalue weighted by atomic mass is 10.1. The SMILES string of the molecule is Cc1ccc(/C=N/NC(=O)c2nn(C(C)C)c(=O)c3ccccc23)s1. The number of hydrogen-bond acceptors (Lipinski definition) is 5. The van der Waals surface area contributed by atoms with Crippen molar-refractivity contribution < 1.29 is 4.79 Å². The Kier molecular flexibility index (Phi) is 4.76. The third kappa shape index (κ3) is 3.51. The van der Waals surface area contributed by atoms with Gasteiger partial charge in [-0.3, -0.25) is 9.59 Å². The molecule has 1 N–H and O–H groups in total. The molecule has 0 atom stereocenters. The fourth-order valence-electron chi connectivity index (χ4n) is 2.45. The average Bonchev–Trinajstić information content (AvgIpc) is 3.00. The molecule has 1 aromatic carbocycles. The van der Waals surface area contributed by atoms with Crippen LogP contribution in [0.15, 0.2) is 46.3 Å². The highest BCUT2D eigenvalue weighted by Gasteiger charge is 2.17. The van der Waals surface area contributed by atoms with Gasteiger partial charge in [-0.2, -0.15) is 10.2 Å². The van der Waals surface area contributed by atoms with E-state index in [9.17, 15) is 9.59 Å². The summed E-state index contributed by atoms with van der Waals surface area (Å²) in [5.74, 6) is -0.449. The first-order valence-corrected chi connectivity index (χ1v) is 8.70. The van der Waals surface area contributed by atoms with Crippen LogP contribution >= 0.6 is 11.3 Å². The Labute approximate surface area is 148 Å². The van der Waals surface area contributed by atoms with Crippen molar-refractivity contribution in [3.8, 4) is 0 Å². The molecule has 1 amide bonds. The summed E-state index contributed by atoms with van der Waals surface area (Å²) in [7, 11) is 0. The Morgan fingerprint density at radius 1 is 1.24 bits per heavy atom. The highest BCUT2D eigenvalue weighted by molar-refractivity contribution is 7.13. The summed E-state index contributed by atoms with van der Waals surface area (Å²) in [6.07, 6.45) is 1.59. The minimum atomic E-state index is -0.449. The van der Waals surface area contributed by atoms with Gasteiger partial charge in [0.15, 0.2) is 5.69 Å². The van der Waals surface area contributed by atoms with Crippen LogP contribution in [0.2, 0.25) is 0 Å². The fraction of sp³-hybridized carbons (Fsp3) is 0.222. The molecule has 0 saturated carbocycles. The number of rotatable bonds is 4. The molecule has 0 aliphatic carbocycles. The van der Waals surface area contributed by atoms with E-state index in [0.717, 1.165) is 4.88 Å². The monoisotopic (exact) mass is 354 g/mol. The number of nitrogens with one attached hydrogen (secondary N) is 1. The second kappa shape index (κ2) is 6.98. The number of aromatic nitrogens is 2. The van der Waals surface area contributed by atoms with Crippen molar-refractivity contribution in [2.75, 3.05) is 0 Å². The Morgan fingerprint density at radius 3 is 2.60 bits per heavy atom. The number of fused-ring (bicyclic) bond motifs is 1. The molecule has 0 saturated heterocycles. The van der Waals surface area contributed by atoms with Crippen molar-refractivity contribution in [3.63, 3.8) is 0 Å². The topological polar surface area (TPSA) is 76.3 Å². The molecule has 0 bridgehead atoms. The van der Waals surface area contributed by atoms with E-state index in [0.29, 0.717) is 10.8 Å². The number of hydrogen-bond donors (Lipinski definition) is 1. The molecule has 128 valence electrons. The lowest BCUT2D eigenvalue weighted by Gasteiger charge is -2.12. The molecular formula is C18H18N4O2S. The molecule has 0 aliphatic heterocycles. The van der Waals surface area contributed by atoms with Gasteiger partial charge < -0.3 is 0 Å². The first-order valence-electron chi connectivity index (χ1n) is 7.89. The smallest absolute Gasteiger partial charge is 0.267 e. The molecule has 3 rings (SSSR count). The molecule has 0 aliphatic rings. The molecule has 0 fully saturated rings. The summed E-state index contributed by atoms with van der Waals surface area (Å²) in [6, 6.07) is 10.7. The van der Waals surface area contributed by atoms with Crippen LogP contribution in [0.5, 0.6) is 0 Å². The number of hydrazone groups is 1. The van der Waals surface area contributed by atoms with Crippen LogP contribution in [0.3, 0.4) is 0 Å². The average molecular weight is 354 g/mol. The number of nitrogens with zero attached hydrogens (tertiary/aromatic N) is 3. The summed E-state index contributed by atoms with van der Waals surface area (Å²) in [4.78, 5) is 27.1. The van der Waals surface area contributed by atoms with Gasteiger partial charge in [0, 0.05) is 15.1 Å². The van der Waals surface area contributed by atoms with Crippen LogP contribution in [0.25, 0.3) is 10.8 Å². The summed E-state index contributed by atoms with van der Waals surface area (Å²) in [5.41, 5.74) is 2.47. The van der Waals surface area contributed by atoms with E-state index in [1.165, 1.54) is 9.56 Å². The third-order valence-corrected chi connectivity index (χ3v) is 4.59. The van der Waals surface area contributed by atoms with E-state index in [4.69, 9.17) is 0 Å². The Morgan fingerprint density at radius 2 is 1.96 bits per heavy atom. The van der Waals surface area contributed by atoms with Crippen LogP contribution in [0, 0.1) is 6.92 Å². The largest absolute Gasteiger partial charge is 0.292 e. The summed E-state index contributed by atoms with van der Waals surface area (Å²) >= 11 is 1.58. The number of benzene rings is 1. The van der Waals surface area contributed by atoms with Gasteiger partial charge in [-0.05, 0) is 39.0 Å². The zero-order valence-corrected chi connectivity index (χ0v) is 15.0. The quantitative estimate of drug-likeness (QED) is 0.578. The van der Waals surface area contributed by atoms with E-state index in [-0.39, 0.29) is 17.3 Å². The molecular weight excluding hydrogens is 336 g/mol. The Bertz CT molecular complexity index is 1020. The van der Waals surface area contributed by atoms with Crippen LogP contribution in [-0.2, 0) is 0 Å². The van der Waals surface area contributed by atoms with Gasteiger partial charge in [0.05, 0.1) is 17.6 Å². The second-order valence-electron chi connectivity index (χ2n) is 5.89. The zero-order chi connectivity index (χ0) is 18.0. The van der Waals surface area contributed by atoms with Crippen LogP contribution in [-0.4, -0.2) is 21.9 Å². The maximum atomic E-state index is 12.5. The van der Waals surface area contributed by atoms with Gasteiger partial charge in [0.2, 0.25) is 0 Å². The van der Waals surface area contributed by atoms with E-state index in [2.05, 4.69) is 15.6 Å². The number of carbonyl (C=O) groups excluding carboxylic acids is 1. The number of amides is 1. The van der Waals surface area contributed by atoms with Gasteiger partial charge >= 0.3 is 0 Å². The minimum absolute atomic E-state index is 0.152. The summed E-state index contributed by atoms with van der Waals surface area (Å²) in [6.45, 7) is 5.70. The summed E-state index contributed by atoms with van der Waals surface area (Å²) < 4.78 is 1.32. The fourth-order valence-corrected chi connectivity index (χ4v) is 3.20. The van der Waals surface area contributed by atoms with Gasteiger partial charge in [-0.1, -0.05) is 18.2 Å². The number of aryl methyl sites for hydroxylation is 1.